The van der Waals surface area contributed by atoms with E-state index in [1.54, 1.807) is 0 Å². The fourth-order valence-corrected chi connectivity index (χ4v) is 4.13. The highest BCUT2D eigenvalue weighted by Gasteiger charge is 2.13. The van der Waals surface area contributed by atoms with Gasteiger partial charge in [-0.3, -0.25) is 9.59 Å². The van der Waals surface area contributed by atoms with Crippen molar-refractivity contribution in [1.82, 2.24) is 15.0 Å². The molecule has 0 unspecified atom stereocenters. The van der Waals surface area contributed by atoms with Crippen LogP contribution in [0.15, 0.2) is 24.3 Å². The smallest absolute Gasteiger partial charge is 0.166 e. The highest BCUT2D eigenvalue weighted by Crippen LogP contribution is 2.27. The number of H-pyrrole nitrogens is 3. The van der Waals surface area contributed by atoms with Gasteiger partial charge in [-0.05, 0) is 61.1 Å². The van der Waals surface area contributed by atoms with E-state index in [-0.39, 0.29) is 0 Å². The van der Waals surface area contributed by atoms with Crippen molar-refractivity contribution < 1.29 is 9.59 Å². The third-order valence-electron chi connectivity index (χ3n) is 5.97. The predicted octanol–water partition coefficient (Wildman–Crippen LogP) is 6.88. The van der Waals surface area contributed by atoms with Gasteiger partial charge in [0.1, 0.15) is 0 Å². The van der Waals surface area contributed by atoms with Crippen molar-refractivity contribution in [3.8, 4) is 22.8 Å². The summed E-state index contributed by atoms with van der Waals surface area (Å²) in [4.78, 5) is 33.0. The molecular weight excluding hydrogens is 386 g/mol. The van der Waals surface area contributed by atoms with Crippen LogP contribution in [0.25, 0.3) is 22.8 Å². The summed E-state index contributed by atoms with van der Waals surface area (Å²) in [7, 11) is 0. The monoisotopic (exact) mass is 421 g/mol. The molecule has 3 rings (SSSR count). The Hall–Kier alpha value is -2.82. The summed E-state index contributed by atoms with van der Waals surface area (Å²) in [5.74, 6) is 0. The summed E-state index contributed by atoms with van der Waals surface area (Å²) in [5.41, 5.74) is 7.20. The Morgan fingerprint density at radius 3 is 1.45 bits per heavy atom. The van der Waals surface area contributed by atoms with E-state index in [2.05, 4.69) is 40.9 Å². The fourth-order valence-electron chi connectivity index (χ4n) is 4.13. The van der Waals surface area contributed by atoms with E-state index in [1.807, 2.05) is 12.1 Å². The molecule has 0 amide bonds. The molecule has 0 fully saturated rings. The van der Waals surface area contributed by atoms with Gasteiger partial charge < -0.3 is 15.0 Å². The van der Waals surface area contributed by atoms with Crippen molar-refractivity contribution in [2.75, 3.05) is 0 Å². The largest absolute Gasteiger partial charge is 0.352 e. The highest BCUT2D eigenvalue weighted by molar-refractivity contribution is 5.79. The number of hydrogen-bond acceptors (Lipinski definition) is 2. The zero-order valence-corrected chi connectivity index (χ0v) is 18.9. The van der Waals surface area contributed by atoms with Crippen molar-refractivity contribution in [3.05, 3.63) is 46.8 Å². The van der Waals surface area contributed by atoms with Crippen LogP contribution >= 0.6 is 0 Å². The molecule has 166 valence electrons. The third kappa shape index (κ3) is 5.87. The van der Waals surface area contributed by atoms with Crippen LogP contribution in [0.4, 0.5) is 0 Å². The zero-order valence-electron chi connectivity index (χ0n) is 18.9. The molecule has 0 aliphatic carbocycles. The van der Waals surface area contributed by atoms with Crippen LogP contribution < -0.4 is 0 Å². The van der Waals surface area contributed by atoms with Crippen LogP contribution in [0.5, 0.6) is 0 Å². The van der Waals surface area contributed by atoms with Gasteiger partial charge in [0.2, 0.25) is 0 Å². The van der Waals surface area contributed by atoms with Gasteiger partial charge in [0.25, 0.3) is 0 Å². The first-order chi connectivity index (χ1) is 15.2. The lowest BCUT2D eigenvalue weighted by Gasteiger charge is -1.98. The quantitative estimate of drug-likeness (QED) is 0.196. The van der Waals surface area contributed by atoms with Crippen LogP contribution in [0.2, 0.25) is 0 Å². The molecule has 3 aromatic rings. The van der Waals surface area contributed by atoms with Crippen molar-refractivity contribution in [3.63, 3.8) is 0 Å². The highest BCUT2D eigenvalue weighted by atomic mass is 16.1. The predicted molar refractivity (Wildman–Crippen MR) is 127 cm³/mol. The van der Waals surface area contributed by atoms with E-state index >= 15 is 0 Å². The summed E-state index contributed by atoms with van der Waals surface area (Å²) >= 11 is 0. The molecule has 3 N–H and O–H groups in total. The first-order valence-electron chi connectivity index (χ1n) is 11.7. The maximum Gasteiger partial charge on any atom is 0.166 e. The molecule has 0 spiro atoms. The van der Waals surface area contributed by atoms with Crippen molar-refractivity contribution in [2.45, 2.75) is 78.1 Å². The topological polar surface area (TPSA) is 81.5 Å². The lowest BCUT2D eigenvalue weighted by Crippen LogP contribution is -1.90. The number of carbonyl (C=O) groups is 2. The van der Waals surface area contributed by atoms with Crippen LogP contribution in [-0.4, -0.2) is 27.5 Å². The van der Waals surface area contributed by atoms with E-state index in [0.29, 0.717) is 11.4 Å². The van der Waals surface area contributed by atoms with E-state index in [4.69, 9.17) is 0 Å². The molecule has 0 saturated heterocycles. The van der Waals surface area contributed by atoms with Crippen LogP contribution in [0.1, 0.15) is 97.3 Å². The number of unbranched alkanes of at least 4 members (excludes halogenated alkanes) is 6. The Morgan fingerprint density at radius 1 is 0.613 bits per heavy atom. The summed E-state index contributed by atoms with van der Waals surface area (Å²) in [6.07, 6.45) is 13.1. The van der Waals surface area contributed by atoms with Gasteiger partial charge in [-0.15, -0.1) is 0 Å². The molecule has 0 aromatic carbocycles. The van der Waals surface area contributed by atoms with Gasteiger partial charge in [-0.25, -0.2) is 0 Å². The summed E-state index contributed by atoms with van der Waals surface area (Å²) in [6.45, 7) is 4.40. The molecule has 0 radical (unpaired) electrons. The number of aldehydes is 2. The molecule has 31 heavy (non-hydrogen) atoms. The molecule has 5 heteroatoms. The SMILES string of the molecule is CCCCCCc1cc(-c2ccc(-c3cc(CCCCCC)c(C=O)[nH]3)[nH]2)[nH]c1C=O. The molecule has 0 bridgehead atoms. The number of aromatic nitrogens is 3. The second kappa shape index (κ2) is 11.5. The lowest BCUT2D eigenvalue weighted by atomic mass is 10.1. The third-order valence-corrected chi connectivity index (χ3v) is 5.97. The Kier molecular flexibility index (Phi) is 8.51. The van der Waals surface area contributed by atoms with Crippen LogP contribution in [0.3, 0.4) is 0 Å². The van der Waals surface area contributed by atoms with Gasteiger partial charge in [-0.1, -0.05) is 52.4 Å². The van der Waals surface area contributed by atoms with Crippen LogP contribution in [-0.2, 0) is 12.8 Å². The second-order valence-electron chi connectivity index (χ2n) is 8.39. The maximum absolute atomic E-state index is 11.5. The number of carbonyl (C=O) groups excluding carboxylic acids is 2. The van der Waals surface area contributed by atoms with E-state index in [0.717, 1.165) is 72.2 Å². The minimum absolute atomic E-state index is 0.667. The average Bonchev–Trinajstić information content (AvgIpc) is 3.51. The Balaban J connectivity index is 1.74. The van der Waals surface area contributed by atoms with Gasteiger partial charge in [-0.2, -0.15) is 0 Å². The maximum atomic E-state index is 11.5. The number of rotatable bonds is 14. The van der Waals surface area contributed by atoms with Gasteiger partial charge in [0.05, 0.1) is 34.2 Å². The second-order valence-corrected chi connectivity index (χ2v) is 8.39. The summed E-state index contributed by atoms with van der Waals surface area (Å²) in [6, 6.07) is 8.18. The minimum atomic E-state index is 0.667. The van der Waals surface area contributed by atoms with E-state index < -0.39 is 0 Å². The standard InChI is InChI=1S/C26H35N3O2/c1-3-5-7-9-11-19-15-23(28-25(19)17-30)21-13-14-22(27-21)24-16-20(26(18-31)29-24)12-10-8-6-4-2/h13-18,27-29H,3-12H2,1-2H3. The number of aryl methyl sites for hydroxylation is 2. The average molecular weight is 422 g/mol. The first-order valence-corrected chi connectivity index (χ1v) is 11.7. The van der Waals surface area contributed by atoms with Crippen molar-refractivity contribution in [1.29, 1.82) is 0 Å². The summed E-state index contributed by atoms with van der Waals surface area (Å²) in [5, 5.41) is 0. The Morgan fingerprint density at radius 2 is 1.06 bits per heavy atom. The van der Waals surface area contributed by atoms with Crippen molar-refractivity contribution in [2.24, 2.45) is 0 Å². The lowest BCUT2D eigenvalue weighted by molar-refractivity contribution is 0.111. The molecule has 0 aliphatic rings. The molecule has 0 saturated carbocycles. The molecule has 0 aliphatic heterocycles. The van der Waals surface area contributed by atoms with Gasteiger partial charge in [0, 0.05) is 0 Å². The minimum Gasteiger partial charge on any atom is -0.352 e. The number of aromatic amines is 3. The Bertz CT molecular complexity index is 900. The Labute approximate surface area is 185 Å². The normalized spacial score (nSPS) is 11.2. The fraction of sp³-hybridized carbons (Fsp3) is 0.462. The van der Waals surface area contributed by atoms with Crippen LogP contribution in [0, 0.1) is 0 Å². The molecular formula is C26H35N3O2. The molecule has 3 aromatic heterocycles. The first kappa shape index (κ1) is 22.9. The molecule has 5 nitrogen and oxygen atoms in total. The van der Waals surface area contributed by atoms with E-state index in [1.165, 1.54) is 38.5 Å². The number of nitrogens with one attached hydrogen (secondary N) is 3. The molecule has 0 atom stereocenters. The summed E-state index contributed by atoms with van der Waals surface area (Å²) < 4.78 is 0. The number of hydrogen-bond donors (Lipinski definition) is 3. The van der Waals surface area contributed by atoms with Gasteiger partial charge >= 0.3 is 0 Å². The van der Waals surface area contributed by atoms with Gasteiger partial charge in [0.15, 0.2) is 12.6 Å². The zero-order chi connectivity index (χ0) is 22.1. The van der Waals surface area contributed by atoms with Crippen molar-refractivity contribution >= 4 is 12.6 Å². The van der Waals surface area contributed by atoms with E-state index in [9.17, 15) is 9.59 Å². The molecule has 3 heterocycles.